The molecule has 20 heavy (non-hydrogen) atoms. The summed E-state index contributed by atoms with van der Waals surface area (Å²) in [5.41, 5.74) is 0. The number of carbonyl (C=O) groups excluding carboxylic acids is 7. The largest absolute Gasteiger partial charge is 3.00 e. The van der Waals surface area contributed by atoms with Crippen LogP contribution in [-0.2, 0) is 67.1 Å². The van der Waals surface area contributed by atoms with Crippen LogP contribution >= 0.6 is 0 Å². The van der Waals surface area contributed by atoms with Crippen LogP contribution in [0, 0.1) is 12.8 Å². The van der Waals surface area contributed by atoms with E-state index in [1.165, 1.54) is 0 Å². The van der Waals surface area contributed by atoms with Gasteiger partial charge in [-0.15, -0.1) is 0 Å². The molecule has 121 valence electrons. The molecular weight excluding hydrogens is 362 g/mol. The minimum Gasteiger partial charge on any atom is -0.545 e. The summed E-state index contributed by atoms with van der Waals surface area (Å²) < 4.78 is 0. The molecule has 1 saturated carbocycles. The molecular formula is C11H12Co2O7-5. The first-order valence-corrected chi connectivity index (χ1v) is 3.50. The first-order chi connectivity index (χ1) is 8.89. The average Bonchev–Trinajstić information content (AvgIpc) is 3.02. The van der Waals surface area contributed by atoms with E-state index in [9.17, 15) is 4.79 Å². The van der Waals surface area contributed by atoms with Crippen molar-refractivity contribution < 1.29 is 67.1 Å². The van der Waals surface area contributed by atoms with Gasteiger partial charge in [-0.05, 0) is 5.78 Å². The van der Waals surface area contributed by atoms with Gasteiger partial charge in [0.05, 0.1) is 0 Å². The maximum absolute atomic E-state index is 10.2. The fraction of sp³-hybridized carbons (Fsp3) is 0.182. The Hall–Kier alpha value is -1.43. The second-order valence-corrected chi connectivity index (χ2v) is 1.41. The van der Waals surface area contributed by atoms with Gasteiger partial charge in [-0.2, -0.15) is 6.42 Å². The molecule has 9 heteroatoms. The molecule has 0 aromatic heterocycles. The van der Waals surface area contributed by atoms with Crippen LogP contribution in [0.5, 0.6) is 0 Å². The summed E-state index contributed by atoms with van der Waals surface area (Å²) in [6, 6.07) is 0. The molecule has 0 spiro atoms. The van der Waals surface area contributed by atoms with E-state index < -0.39 is 0 Å². The molecule has 1 radical (unpaired) electrons. The molecule has 0 saturated heterocycles. The summed E-state index contributed by atoms with van der Waals surface area (Å²) in [7, 11) is 0. The van der Waals surface area contributed by atoms with Crippen LogP contribution in [-0.4, -0.2) is 46.5 Å². The smallest absolute Gasteiger partial charge is 0.545 e. The minimum absolute atomic E-state index is 0. The molecule has 7 nitrogen and oxygen atoms in total. The van der Waals surface area contributed by atoms with Gasteiger partial charge in [0.25, 0.3) is 0 Å². The van der Waals surface area contributed by atoms with Crippen LogP contribution < -0.4 is 0 Å². The Morgan fingerprint density at radius 3 is 1.00 bits per heavy atom. The quantitative estimate of drug-likeness (QED) is 0.399. The Labute approximate surface area is 139 Å². The molecule has 0 heterocycles. The van der Waals surface area contributed by atoms with Crippen LogP contribution in [0.25, 0.3) is 0 Å². The minimum atomic E-state index is 0. The van der Waals surface area contributed by atoms with E-state index in [0.717, 1.165) is 12.8 Å². The number of ketones is 1. The zero-order valence-electron chi connectivity index (χ0n) is 10.1. The second kappa shape index (κ2) is 155. The number of hydrogen-bond acceptors (Lipinski definition) is 7. The van der Waals surface area contributed by atoms with Crippen molar-refractivity contribution in [3.63, 3.8) is 0 Å². The van der Waals surface area contributed by atoms with Gasteiger partial charge in [0.2, 0.25) is 0 Å². The maximum atomic E-state index is 10.2. The molecule has 0 unspecified atom stereocenters. The normalized spacial score (nSPS) is 7.50. The summed E-state index contributed by atoms with van der Waals surface area (Å²) in [6.45, 7) is 19.5. The van der Waals surface area contributed by atoms with Crippen molar-refractivity contribution in [2.75, 3.05) is 0 Å². The van der Waals surface area contributed by atoms with E-state index in [0.29, 0.717) is 0 Å². The molecule has 0 atom stereocenters. The molecule has 0 bridgehead atoms. The molecule has 0 N–H and O–H groups in total. The van der Waals surface area contributed by atoms with Gasteiger partial charge in [0.15, 0.2) is 0 Å². The Morgan fingerprint density at radius 2 is 0.950 bits per heavy atom. The third-order valence-corrected chi connectivity index (χ3v) is 0.861. The molecule has 0 aromatic rings. The van der Waals surface area contributed by atoms with E-state index in [1.807, 2.05) is 6.42 Å². The van der Waals surface area contributed by atoms with Gasteiger partial charge in [-0.1, -0.05) is 6.42 Å². The van der Waals surface area contributed by atoms with Crippen LogP contribution in [0.4, 0.5) is 0 Å². The molecule has 0 aliphatic heterocycles. The van der Waals surface area contributed by atoms with Crippen molar-refractivity contribution in [2.24, 2.45) is 0 Å². The maximum Gasteiger partial charge on any atom is 3.00 e. The standard InChI is InChI=1S/C5H6O.6CHO.2Co/c6-5-3-1-2-4-5;6*1-2;;/h1,3H,2,4H2;6*1H;;/q-2;6*-1;;+3. The molecule has 0 aromatic carbocycles. The fourth-order valence-electron chi connectivity index (χ4n) is 0.524. The van der Waals surface area contributed by atoms with Gasteiger partial charge < -0.3 is 46.4 Å². The summed E-state index contributed by atoms with van der Waals surface area (Å²) in [6.07, 6.45) is 5.24. The predicted octanol–water partition coefficient (Wildman–Crippen LogP) is -0.892. The molecule has 1 rings (SSSR count). The SMILES string of the molecule is O=C1[CH-][CH-]CC1.[CH-]=O.[CH-]=O.[CH-]=O.[CH-]=O.[CH-]=O.[CH-]=O.[Co+3].[Co]. The monoisotopic (exact) mass is 374 g/mol. The Morgan fingerprint density at radius 1 is 0.700 bits per heavy atom. The topological polar surface area (TPSA) is 119 Å². The van der Waals surface area contributed by atoms with E-state index in [-0.39, 0.29) is 39.3 Å². The molecule has 1 fully saturated rings. The predicted molar refractivity (Wildman–Crippen MR) is 63.3 cm³/mol. The molecule has 1 aliphatic rings. The fourth-order valence-corrected chi connectivity index (χ4v) is 0.524. The second-order valence-electron chi connectivity index (χ2n) is 1.41. The number of Topliss-reactive ketones (excluding diaryl/α,β-unsaturated/α-hetero) is 1. The summed E-state index contributed by atoms with van der Waals surface area (Å²) >= 11 is 0. The van der Waals surface area contributed by atoms with Crippen LogP contribution in [0.15, 0.2) is 0 Å². The van der Waals surface area contributed by atoms with E-state index in [4.69, 9.17) is 28.8 Å². The Kier molecular flexibility index (Phi) is 399. The van der Waals surface area contributed by atoms with Crippen molar-refractivity contribution in [3.8, 4) is 0 Å². The average molecular weight is 374 g/mol. The van der Waals surface area contributed by atoms with Crippen molar-refractivity contribution in [1.29, 1.82) is 0 Å². The van der Waals surface area contributed by atoms with Crippen molar-refractivity contribution in [2.45, 2.75) is 12.8 Å². The van der Waals surface area contributed by atoms with Gasteiger partial charge in [0.1, 0.15) is 0 Å². The summed E-state index contributed by atoms with van der Waals surface area (Å²) in [5, 5.41) is 0. The third kappa shape index (κ3) is 129. The van der Waals surface area contributed by atoms with Crippen molar-refractivity contribution >= 4 is 46.5 Å². The number of hydrogen-bond donors (Lipinski definition) is 0. The van der Waals surface area contributed by atoms with Gasteiger partial charge in [-0.3, -0.25) is 40.7 Å². The van der Waals surface area contributed by atoms with Crippen LogP contribution in [0.2, 0.25) is 0 Å². The first-order valence-electron chi connectivity index (χ1n) is 3.50. The molecule has 0 amide bonds. The van der Waals surface area contributed by atoms with E-state index in [1.54, 1.807) is 6.42 Å². The Balaban J connectivity index is -0.0000000152. The first kappa shape index (κ1) is 51.3. The number of carbonyl (C=O) groups is 1. The third-order valence-electron chi connectivity index (χ3n) is 0.861. The zero-order valence-corrected chi connectivity index (χ0v) is 12.1. The van der Waals surface area contributed by atoms with Gasteiger partial charge >= 0.3 is 16.8 Å². The van der Waals surface area contributed by atoms with E-state index >= 15 is 0 Å². The van der Waals surface area contributed by atoms with Gasteiger partial charge in [-0.25, -0.2) is 0 Å². The van der Waals surface area contributed by atoms with Crippen LogP contribution in [0.3, 0.4) is 0 Å². The number of rotatable bonds is 0. The zero-order chi connectivity index (χ0) is 16.4. The Bertz CT molecular complexity index is 127. The van der Waals surface area contributed by atoms with Crippen molar-refractivity contribution in [1.82, 2.24) is 0 Å². The summed E-state index contributed by atoms with van der Waals surface area (Å²) in [4.78, 5) is 56.7. The van der Waals surface area contributed by atoms with Crippen molar-refractivity contribution in [3.05, 3.63) is 12.8 Å². The van der Waals surface area contributed by atoms with Gasteiger partial charge in [0, 0.05) is 16.8 Å². The van der Waals surface area contributed by atoms with E-state index in [2.05, 4.69) is 40.7 Å². The summed E-state index contributed by atoms with van der Waals surface area (Å²) in [5.74, 6) is 0.273. The van der Waals surface area contributed by atoms with Crippen LogP contribution in [0.1, 0.15) is 12.8 Å². The molecule has 1 aliphatic carbocycles.